The first-order valence-corrected chi connectivity index (χ1v) is 9.91. The zero-order valence-corrected chi connectivity index (χ0v) is 15.9. The van der Waals surface area contributed by atoms with Gasteiger partial charge in [0.25, 0.3) is 0 Å². The molecule has 3 aliphatic rings. The van der Waals surface area contributed by atoms with Crippen molar-refractivity contribution in [3.63, 3.8) is 0 Å². The fourth-order valence-corrected chi connectivity index (χ4v) is 4.32. The van der Waals surface area contributed by atoms with Crippen LogP contribution in [0.1, 0.15) is 37.7 Å². The molecule has 1 unspecified atom stereocenters. The van der Waals surface area contributed by atoms with E-state index in [1.54, 1.807) is 7.11 Å². The molecule has 2 amide bonds. The Morgan fingerprint density at radius 2 is 1.96 bits per heavy atom. The minimum absolute atomic E-state index is 0.00544. The minimum Gasteiger partial charge on any atom is -0.497 e. The standard InChI is InChI=1S/C21H28N2O4/c1-26-18-6-2-16(3-7-18)21(8-10-27-11-9-21)14-22-20(25)15-12-19(24)23(13-15)17-4-5-17/h2-3,6-7,15,17H,4-5,8-14H2,1H3,(H,22,25). The normalized spacial score (nSPS) is 24.7. The molecule has 1 saturated carbocycles. The van der Waals surface area contributed by atoms with Gasteiger partial charge in [-0.25, -0.2) is 0 Å². The van der Waals surface area contributed by atoms with Crippen LogP contribution in [0.15, 0.2) is 24.3 Å². The van der Waals surface area contributed by atoms with Crippen molar-refractivity contribution in [2.45, 2.75) is 43.6 Å². The monoisotopic (exact) mass is 372 g/mol. The Bertz CT molecular complexity index is 693. The molecule has 6 heteroatoms. The van der Waals surface area contributed by atoms with Crippen LogP contribution in [0.4, 0.5) is 0 Å². The molecule has 0 radical (unpaired) electrons. The summed E-state index contributed by atoms with van der Waals surface area (Å²) in [5, 5.41) is 3.16. The van der Waals surface area contributed by atoms with Crippen LogP contribution in [-0.4, -0.2) is 56.2 Å². The van der Waals surface area contributed by atoms with E-state index < -0.39 is 0 Å². The van der Waals surface area contributed by atoms with Gasteiger partial charge in [0.15, 0.2) is 0 Å². The van der Waals surface area contributed by atoms with Crippen molar-refractivity contribution in [2.75, 3.05) is 33.4 Å². The van der Waals surface area contributed by atoms with Crippen molar-refractivity contribution in [3.8, 4) is 5.75 Å². The molecule has 2 aliphatic heterocycles. The van der Waals surface area contributed by atoms with Crippen LogP contribution in [0.2, 0.25) is 0 Å². The fraction of sp³-hybridized carbons (Fsp3) is 0.619. The summed E-state index contributed by atoms with van der Waals surface area (Å²) in [6, 6.07) is 8.50. The Morgan fingerprint density at radius 3 is 2.59 bits per heavy atom. The van der Waals surface area contributed by atoms with E-state index in [0.29, 0.717) is 38.8 Å². The van der Waals surface area contributed by atoms with E-state index in [1.807, 2.05) is 17.0 Å². The van der Waals surface area contributed by atoms with Crippen LogP contribution in [0.25, 0.3) is 0 Å². The number of amides is 2. The molecule has 6 nitrogen and oxygen atoms in total. The number of benzene rings is 1. The third kappa shape index (κ3) is 3.81. The number of likely N-dealkylation sites (tertiary alicyclic amines) is 1. The molecule has 2 saturated heterocycles. The summed E-state index contributed by atoms with van der Waals surface area (Å²) in [6.07, 6.45) is 4.26. The minimum atomic E-state index is -0.217. The molecular formula is C21H28N2O4. The Morgan fingerprint density at radius 1 is 1.26 bits per heavy atom. The van der Waals surface area contributed by atoms with Gasteiger partial charge in [-0.1, -0.05) is 12.1 Å². The lowest BCUT2D eigenvalue weighted by atomic mass is 9.74. The van der Waals surface area contributed by atoms with Crippen molar-refractivity contribution in [2.24, 2.45) is 5.92 Å². The zero-order valence-electron chi connectivity index (χ0n) is 15.9. The topological polar surface area (TPSA) is 67.9 Å². The van der Waals surface area contributed by atoms with Crippen LogP contribution in [0.3, 0.4) is 0 Å². The highest BCUT2D eigenvalue weighted by atomic mass is 16.5. The molecular weight excluding hydrogens is 344 g/mol. The molecule has 1 aromatic carbocycles. The number of methoxy groups -OCH3 is 1. The number of nitrogens with zero attached hydrogens (tertiary/aromatic N) is 1. The van der Waals surface area contributed by atoms with Gasteiger partial charge >= 0.3 is 0 Å². The molecule has 1 atom stereocenters. The summed E-state index contributed by atoms with van der Waals surface area (Å²) in [7, 11) is 1.66. The maximum absolute atomic E-state index is 12.8. The summed E-state index contributed by atoms with van der Waals surface area (Å²) < 4.78 is 10.8. The zero-order chi connectivity index (χ0) is 18.9. The lowest BCUT2D eigenvalue weighted by Crippen LogP contribution is -2.46. The molecule has 2 heterocycles. The third-order valence-electron chi connectivity index (χ3n) is 6.27. The average molecular weight is 372 g/mol. The summed E-state index contributed by atoms with van der Waals surface area (Å²) in [5.41, 5.74) is 1.08. The van der Waals surface area contributed by atoms with E-state index in [4.69, 9.17) is 9.47 Å². The predicted octanol–water partition coefficient (Wildman–Crippen LogP) is 1.87. The van der Waals surface area contributed by atoms with E-state index >= 15 is 0 Å². The number of nitrogens with one attached hydrogen (secondary N) is 1. The van der Waals surface area contributed by atoms with Gasteiger partial charge in [0, 0.05) is 44.2 Å². The van der Waals surface area contributed by atoms with Gasteiger partial charge in [-0.15, -0.1) is 0 Å². The second-order valence-electron chi connectivity index (χ2n) is 8.02. The summed E-state index contributed by atoms with van der Waals surface area (Å²) >= 11 is 0. The van der Waals surface area contributed by atoms with Crippen molar-refractivity contribution >= 4 is 11.8 Å². The molecule has 1 aliphatic carbocycles. The Labute approximate surface area is 160 Å². The Hall–Kier alpha value is -2.08. The first-order chi connectivity index (χ1) is 13.1. The smallest absolute Gasteiger partial charge is 0.225 e. The van der Waals surface area contributed by atoms with Crippen molar-refractivity contribution in [3.05, 3.63) is 29.8 Å². The second kappa shape index (κ2) is 7.50. The number of carbonyl (C=O) groups excluding carboxylic acids is 2. The fourth-order valence-electron chi connectivity index (χ4n) is 4.32. The van der Waals surface area contributed by atoms with Gasteiger partial charge in [-0.05, 0) is 43.4 Å². The summed E-state index contributed by atoms with van der Waals surface area (Å²) in [4.78, 5) is 26.8. The number of hydrogen-bond donors (Lipinski definition) is 1. The van der Waals surface area contributed by atoms with E-state index in [2.05, 4.69) is 17.4 Å². The number of carbonyl (C=O) groups is 2. The number of rotatable bonds is 6. The van der Waals surface area contributed by atoms with Gasteiger partial charge in [0.2, 0.25) is 11.8 Å². The highest BCUT2D eigenvalue weighted by Crippen LogP contribution is 2.36. The van der Waals surface area contributed by atoms with Crippen LogP contribution in [-0.2, 0) is 19.7 Å². The summed E-state index contributed by atoms with van der Waals surface area (Å²) in [6.45, 7) is 2.54. The molecule has 27 heavy (non-hydrogen) atoms. The third-order valence-corrected chi connectivity index (χ3v) is 6.27. The van der Waals surface area contributed by atoms with Gasteiger partial charge in [0.05, 0.1) is 13.0 Å². The van der Waals surface area contributed by atoms with Crippen LogP contribution < -0.4 is 10.1 Å². The van der Waals surface area contributed by atoms with Crippen LogP contribution in [0, 0.1) is 5.92 Å². The van der Waals surface area contributed by atoms with Gasteiger partial charge in [-0.2, -0.15) is 0 Å². The molecule has 0 spiro atoms. The summed E-state index contributed by atoms with van der Waals surface area (Å²) in [5.74, 6) is 0.750. The quantitative estimate of drug-likeness (QED) is 0.828. The predicted molar refractivity (Wildman–Crippen MR) is 101 cm³/mol. The highest BCUT2D eigenvalue weighted by molar-refractivity contribution is 5.89. The molecule has 146 valence electrons. The lowest BCUT2D eigenvalue weighted by molar-refractivity contribution is -0.129. The molecule has 1 aromatic rings. The van der Waals surface area contributed by atoms with Crippen molar-refractivity contribution in [1.29, 1.82) is 0 Å². The van der Waals surface area contributed by atoms with Gasteiger partial charge in [-0.3, -0.25) is 9.59 Å². The number of hydrogen-bond acceptors (Lipinski definition) is 4. The molecule has 3 fully saturated rings. The Balaban J connectivity index is 1.42. The number of ether oxygens (including phenoxy) is 2. The van der Waals surface area contributed by atoms with Gasteiger partial charge in [0.1, 0.15) is 5.75 Å². The maximum Gasteiger partial charge on any atom is 0.225 e. The highest BCUT2D eigenvalue weighted by Gasteiger charge is 2.42. The molecule has 0 bridgehead atoms. The van der Waals surface area contributed by atoms with E-state index in [-0.39, 0.29) is 23.1 Å². The van der Waals surface area contributed by atoms with Crippen molar-refractivity contribution < 1.29 is 19.1 Å². The second-order valence-corrected chi connectivity index (χ2v) is 8.02. The van der Waals surface area contributed by atoms with Crippen molar-refractivity contribution in [1.82, 2.24) is 10.2 Å². The Kier molecular flexibility index (Phi) is 5.08. The van der Waals surface area contributed by atoms with Crippen LogP contribution >= 0.6 is 0 Å². The van der Waals surface area contributed by atoms with Crippen LogP contribution in [0.5, 0.6) is 5.75 Å². The van der Waals surface area contributed by atoms with E-state index in [1.165, 1.54) is 5.56 Å². The largest absolute Gasteiger partial charge is 0.497 e. The SMILES string of the molecule is COc1ccc(C2(CNC(=O)C3CC(=O)N(C4CC4)C3)CCOCC2)cc1. The van der Waals surface area contributed by atoms with E-state index in [9.17, 15) is 9.59 Å². The maximum atomic E-state index is 12.8. The average Bonchev–Trinajstić information content (AvgIpc) is 3.48. The first kappa shape index (κ1) is 18.3. The molecule has 1 N–H and O–H groups in total. The lowest BCUT2D eigenvalue weighted by Gasteiger charge is -2.38. The van der Waals surface area contributed by atoms with E-state index in [0.717, 1.165) is 31.4 Å². The molecule has 4 rings (SSSR count). The molecule has 0 aromatic heterocycles. The van der Waals surface area contributed by atoms with Gasteiger partial charge < -0.3 is 19.7 Å². The first-order valence-electron chi connectivity index (χ1n) is 9.91.